The summed E-state index contributed by atoms with van der Waals surface area (Å²) < 4.78 is 14.5. The molecule has 0 saturated carbocycles. The van der Waals surface area contributed by atoms with Gasteiger partial charge in [-0.3, -0.25) is 4.68 Å². The molecule has 108 valence electrons. The van der Waals surface area contributed by atoms with Crippen molar-refractivity contribution in [2.45, 2.75) is 0 Å². The number of halogens is 1. The smallest absolute Gasteiger partial charge is 0.145 e. The van der Waals surface area contributed by atoms with Crippen molar-refractivity contribution in [3.05, 3.63) is 66.5 Å². The number of hydrogen-bond donors (Lipinski definition) is 2. The molecule has 0 radical (unpaired) electrons. The van der Waals surface area contributed by atoms with Gasteiger partial charge < -0.3 is 11.5 Å². The Bertz CT molecular complexity index is 681. The molecule has 4 nitrogen and oxygen atoms in total. The van der Waals surface area contributed by atoms with Crippen molar-refractivity contribution in [2.75, 3.05) is 11.5 Å². The summed E-state index contributed by atoms with van der Waals surface area (Å²) in [5, 5.41) is 4.12. The number of nitrogens with two attached hydrogens (primary N) is 2. The van der Waals surface area contributed by atoms with E-state index in [2.05, 4.69) is 5.10 Å². The zero-order valence-electron chi connectivity index (χ0n) is 11.7. The van der Waals surface area contributed by atoms with Crippen LogP contribution in [0.4, 0.5) is 15.9 Å². The Kier molecular flexibility index (Phi) is 4.56. The van der Waals surface area contributed by atoms with Crippen LogP contribution in [-0.2, 0) is 7.05 Å². The van der Waals surface area contributed by atoms with Gasteiger partial charge in [-0.05, 0) is 12.1 Å². The second-order valence-electron chi connectivity index (χ2n) is 4.44. The minimum absolute atomic E-state index is 0.323. The minimum atomic E-state index is -0.323. The molecule has 4 N–H and O–H groups in total. The first kappa shape index (κ1) is 14.6. The predicted molar refractivity (Wildman–Crippen MR) is 83.9 cm³/mol. The first-order valence-electron chi connectivity index (χ1n) is 6.43. The Morgan fingerprint density at radius 2 is 1.52 bits per heavy atom. The molecule has 0 bridgehead atoms. The Morgan fingerprint density at radius 3 is 1.95 bits per heavy atom. The predicted octanol–water partition coefficient (Wildman–Crippen LogP) is 3.08. The maximum absolute atomic E-state index is 13.0. The summed E-state index contributed by atoms with van der Waals surface area (Å²) in [5.41, 5.74) is 12.9. The average Bonchev–Trinajstić information content (AvgIpc) is 2.77. The minimum Gasteiger partial charge on any atom is -0.394 e. The summed E-state index contributed by atoms with van der Waals surface area (Å²) in [4.78, 5) is 0. The van der Waals surface area contributed by atoms with Crippen LogP contribution < -0.4 is 11.5 Å². The fraction of sp³-hybridized carbons (Fsp3) is 0.0625. The Balaban J connectivity index is 0.000000225. The van der Waals surface area contributed by atoms with Crippen molar-refractivity contribution in [1.82, 2.24) is 9.78 Å². The highest BCUT2D eigenvalue weighted by Crippen LogP contribution is 2.28. The second kappa shape index (κ2) is 6.56. The van der Waals surface area contributed by atoms with Crippen molar-refractivity contribution >= 4 is 11.5 Å². The molecule has 21 heavy (non-hydrogen) atoms. The van der Waals surface area contributed by atoms with Crippen LogP contribution in [-0.4, -0.2) is 9.78 Å². The summed E-state index contributed by atoms with van der Waals surface area (Å²) in [7, 11) is 1.69. The third-order valence-corrected chi connectivity index (χ3v) is 2.89. The van der Waals surface area contributed by atoms with Crippen LogP contribution in [0.15, 0.2) is 60.7 Å². The number of nitrogen functional groups attached to an aromatic ring is 2. The molecule has 1 heterocycles. The topological polar surface area (TPSA) is 69.9 Å². The molecular weight excluding hydrogens is 267 g/mol. The van der Waals surface area contributed by atoms with Gasteiger partial charge in [0.15, 0.2) is 0 Å². The van der Waals surface area contributed by atoms with E-state index in [-0.39, 0.29) is 5.82 Å². The van der Waals surface area contributed by atoms with Crippen LogP contribution in [0.2, 0.25) is 0 Å². The maximum Gasteiger partial charge on any atom is 0.145 e. The fourth-order valence-electron chi connectivity index (χ4n) is 1.79. The van der Waals surface area contributed by atoms with Gasteiger partial charge in [0.25, 0.3) is 0 Å². The second-order valence-corrected chi connectivity index (χ2v) is 4.44. The van der Waals surface area contributed by atoms with Gasteiger partial charge in [-0.2, -0.15) is 5.10 Å². The van der Waals surface area contributed by atoms with Gasteiger partial charge in [-0.1, -0.05) is 48.5 Å². The summed E-state index contributed by atoms with van der Waals surface area (Å²) in [6.45, 7) is 0. The summed E-state index contributed by atoms with van der Waals surface area (Å²) in [5.74, 6) is 0.0605. The van der Waals surface area contributed by atoms with E-state index < -0.39 is 0 Å². The highest BCUT2D eigenvalue weighted by atomic mass is 19.1. The Labute approximate surface area is 122 Å². The van der Waals surface area contributed by atoms with Gasteiger partial charge in [-0.15, -0.1) is 0 Å². The quantitative estimate of drug-likeness (QED) is 0.721. The molecule has 0 amide bonds. The first-order valence-corrected chi connectivity index (χ1v) is 6.43. The molecule has 0 fully saturated rings. The SMILES string of the molecule is Cn1nc(-c2cccc(F)c2)c(N)c1N.c1ccccc1. The lowest BCUT2D eigenvalue weighted by atomic mass is 10.1. The molecule has 3 aromatic rings. The number of hydrogen-bond acceptors (Lipinski definition) is 3. The molecule has 0 unspecified atom stereocenters. The van der Waals surface area contributed by atoms with Crippen molar-refractivity contribution in [3.8, 4) is 11.3 Å². The molecule has 0 aliphatic heterocycles. The molecule has 0 aliphatic carbocycles. The van der Waals surface area contributed by atoms with Gasteiger partial charge in [-0.25, -0.2) is 4.39 Å². The third-order valence-electron chi connectivity index (χ3n) is 2.89. The lowest BCUT2D eigenvalue weighted by molar-refractivity contribution is 0.628. The summed E-state index contributed by atoms with van der Waals surface area (Å²) in [6, 6.07) is 18.1. The number of rotatable bonds is 1. The normalized spacial score (nSPS) is 9.81. The number of nitrogens with zero attached hydrogens (tertiary/aromatic N) is 2. The molecule has 0 atom stereocenters. The Morgan fingerprint density at radius 1 is 0.952 bits per heavy atom. The number of aromatic nitrogens is 2. The van der Waals surface area contributed by atoms with Gasteiger partial charge in [0.05, 0.1) is 0 Å². The van der Waals surface area contributed by atoms with Crippen LogP contribution >= 0.6 is 0 Å². The number of aryl methyl sites for hydroxylation is 1. The highest BCUT2D eigenvalue weighted by Gasteiger charge is 2.12. The van der Waals surface area contributed by atoms with Gasteiger partial charge in [0.1, 0.15) is 23.0 Å². The van der Waals surface area contributed by atoms with E-state index in [1.807, 2.05) is 36.4 Å². The first-order chi connectivity index (χ1) is 10.1. The van der Waals surface area contributed by atoms with Crippen LogP contribution in [0.3, 0.4) is 0 Å². The molecule has 0 saturated heterocycles. The number of anilines is 2. The summed E-state index contributed by atoms with van der Waals surface area (Å²) in [6.07, 6.45) is 0. The molecule has 0 aliphatic rings. The van der Waals surface area contributed by atoms with Crippen molar-refractivity contribution in [1.29, 1.82) is 0 Å². The lowest BCUT2D eigenvalue weighted by Crippen LogP contribution is -1.98. The molecule has 3 rings (SSSR count). The van der Waals surface area contributed by atoms with Gasteiger partial charge in [0, 0.05) is 12.6 Å². The highest BCUT2D eigenvalue weighted by molar-refractivity contribution is 5.80. The van der Waals surface area contributed by atoms with E-state index in [9.17, 15) is 4.39 Å². The maximum atomic E-state index is 13.0. The van der Waals surface area contributed by atoms with E-state index in [1.54, 1.807) is 19.2 Å². The molecule has 2 aromatic carbocycles. The van der Waals surface area contributed by atoms with E-state index in [0.717, 1.165) is 0 Å². The zero-order chi connectivity index (χ0) is 15.2. The molecule has 0 spiro atoms. The van der Waals surface area contributed by atoms with E-state index in [0.29, 0.717) is 22.8 Å². The van der Waals surface area contributed by atoms with E-state index >= 15 is 0 Å². The van der Waals surface area contributed by atoms with Gasteiger partial charge >= 0.3 is 0 Å². The Hall–Kier alpha value is -2.82. The van der Waals surface area contributed by atoms with Crippen molar-refractivity contribution in [2.24, 2.45) is 7.05 Å². The monoisotopic (exact) mass is 284 g/mol. The molecular formula is C16H17FN4. The van der Waals surface area contributed by atoms with E-state index in [4.69, 9.17) is 11.5 Å². The largest absolute Gasteiger partial charge is 0.394 e. The van der Waals surface area contributed by atoms with Crippen LogP contribution in [0.5, 0.6) is 0 Å². The third kappa shape index (κ3) is 3.60. The summed E-state index contributed by atoms with van der Waals surface area (Å²) >= 11 is 0. The van der Waals surface area contributed by atoms with Crippen LogP contribution in [0.1, 0.15) is 0 Å². The zero-order valence-corrected chi connectivity index (χ0v) is 11.7. The van der Waals surface area contributed by atoms with Crippen molar-refractivity contribution < 1.29 is 4.39 Å². The average molecular weight is 284 g/mol. The van der Waals surface area contributed by atoms with Crippen LogP contribution in [0.25, 0.3) is 11.3 Å². The fourth-order valence-corrected chi connectivity index (χ4v) is 1.79. The number of benzene rings is 2. The molecule has 1 aromatic heterocycles. The van der Waals surface area contributed by atoms with Crippen molar-refractivity contribution in [3.63, 3.8) is 0 Å². The van der Waals surface area contributed by atoms with Gasteiger partial charge in [0.2, 0.25) is 0 Å². The standard InChI is InChI=1S/C10H11FN4.C6H6/c1-15-10(13)8(12)9(14-15)6-3-2-4-7(11)5-6;1-2-4-6-5-3-1/h2-5H,12-13H2,1H3;1-6H. The van der Waals surface area contributed by atoms with E-state index in [1.165, 1.54) is 16.8 Å². The molecule has 5 heteroatoms. The van der Waals surface area contributed by atoms with Crippen LogP contribution in [0, 0.1) is 5.82 Å². The lowest BCUT2D eigenvalue weighted by Gasteiger charge is -1.97.